The minimum absolute atomic E-state index is 0.0208. The van der Waals surface area contributed by atoms with Crippen molar-refractivity contribution in [1.29, 1.82) is 0 Å². The van der Waals surface area contributed by atoms with Crippen LogP contribution in [0.15, 0.2) is 0 Å². The summed E-state index contributed by atoms with van der Waals surface area (Å²) in [6.45, 7) is 3.99. The normalized spacial score (nSPS) is 21.7. The molecule has 6 heteroatoms. The summed E-state index contributed by atoms with van der Waals surface area (Å²) in [5, 5.41) is 11.4. The zero-order valence-electron chi connectivity index (χ0n) is 11.5. The zero-order chi connectivity index (χ0) is 14.4. The van der Waals surface area contributed by atoms with E-state index in [1.807, 2.05) is 0 Å². The Morgan fingerprint density at radius 3 is 2.68 bits per heavy atom. The molecule has 2 N–H and O–H groups in total. The number of likely N-dealkylation sites (tertiary alicyclic amines) is 1. The van der Waals surface area contributed by atoms with Crippen molar-refractivity contribution < 1.29 is 19.5 Å². The topological polar surface area (TPSA) is 86.7 Å². The maximum Gasteiger partial charge on any atom is 0.328 e. The van der Waals surface area contributed by atoms with E-state index >= 15 is 0 Å². The van der Waals surface area contributed by atoms with Gasteiger partial charge in [-0.1, -0.05) is 13.3 Å². The summed E-state index contributed by atoms with van der Waals surface area (Å²) in [7, 11) is 0. The van der Waals surface area contributed by atoms with Crippen molar-refractivity contribution >= 4 is 17.8 Å². The summed E-state index contributed by atoms with van der Waals surface area (Å²) in [5.74, 6) is -1.01. The van der Waals surface area contributed by atoms with Crippen LogP contribution in [0.2, 0.25) is 0 Å². The van der Waals surface area contributed by atoms with Gasteiger partial charge in [-0.15, -0.1) is 0 Å². The Bertz CT molecular complexity index is 357. The molecule has 0 aromatic heterocycles. The van der Waals surface area contributed by atoms with Crippen LogP contribution in [0.1, 0.15) is 39.5 Å². The SMILES string of the molecule is CCC1CCC(=O)N(CC(NC(C)=O)C(=O)O)CC1. The molecule has 1 fully saturated rings. The molecule has 0 radical (unpaired) electrons. The van der Waals surface area contributed by atoms with Gasteiger partial charge in [0.15, 0.2) is 0 Å². The van der Waals surface area contributed by atoms with E-state index < -0.39 is 17.9 Å². The van der Waals surface area contributed by atoms with Crippen LogP contribution in [0.4, 0.5) is 0 Å². The minimum atomic E-state index is -1.11. The maximum atomic E-state index is 11.9. The van der Waals surface area contributed by atoms with Gasteiger partial charge < -0.3 is 15.3 Å². The molecule has 1 heterocycles. The second-order valence-electron chi connectivity index (χ2n) is 5.03. The first kappa shape index (κ1) is 15.5. The number of nitrogens with zero attached hydrogens (tertiary/aromatic N) is 1. The monoisotopic (exact) mass is 270 g/mol. The third-order valence-corrected chi connectivity index (χ3v) is 3.58. The molecule has 1 saturated heterocycles. The molecule has 1 aliphatic heterocycles. The largest absolute Gasteiger partial charge is 0.480 e. The minimum Gasteiger partial charge on any atom is -0.480 e. The van der Waals surface area contributed by atoms with E-state index in [0.717, 1.165) is 19.3 Å². The molecule has 108 valence electrons. The highest BCUT2D eigenvalue weighted by Gasteiger charge is 2.27. The third kappa shape index (κ3) is 4.89. The lowest BCUT2D eigenvalue weighted by Crippen LogP contribution is -2.49. The van der Waals surface area contributed by atoms with Crippen LogP contribution in [0.5, 0.6) is 0 Å². The number of carbonyl (C=O) groups is 3. The Labute approximate surface area is 113 Å². The van der Waals surface area contributed by atoms with Gasteiger partial charge in [-0.25, -0.2) is 4.79 Å². The molecule has 0 bridgehead atoms. The molecule has 0 aromatic carbocycles. The Morgan fingerprint density at radius 2 is 2.16 bits per heavy atom. The molecule has 1 rings (SSSR count). The summed E-state index contributed by atoms with van der Waals surface area (Å²) in [4.78, 5) is 35.5. The highest BCUT2D eigenvalue weighted by molar-refractivity contribution is 5.83. The number of carboxylic acids is 1. The predicted octanol–water partition coefficient (Wildman–Crippen LogP) is 0.614. The number of nitrogens with one attached hydrogen (secondary N) is 1. The van der Waals surface area contributed by atoms with E-state index in [1.165, 1.54) is 6.92 Å². The first-order chi connectivity index (χ1) is 8.93. The van der Waals surface area contributed by atoms with Gasteiger partial charge in [0.05, 0.1) is 6.54 Å². The van der Waals surface area contributed by atoms with Crippen molar-refractivity contribution in [2.24, 2.45) is 5.92 Å². The third-order valence-electron chi connectivity index (χ3n) is 3.58. The average Bonchev–Trinajstić information content (AvgIpc) is 2.51. The summed E-state index contributed by atoms with van der Waals surface area (Å²) < 4.78 is 0. The Kier molecular flexibility index (Phi) is 5.79. The standard InChI is InChI=1S/C13H22N2O4/c1-3-10-4-5-12(17)15(7-6-10)8-11(13(18)19)14-9(2)16/h10-11H,3-8H2,1-2H3,(H,14,16)(H,18,19). The van der Waals surface area contributed by atoms with E-state index in [4.69, 9.17) is 5.11 Å². The maximum absolute atomic E-state index is 11.9. The fraction of sp³-hybridized carbons (Fsp3) is 0.769. The van der Waals surface area contributed by atoms with E-state index in [0.29, 0.717) is 18.9 Å². The van der Waals surface area contributed by atoms with Crippen LogP contribution >= 0.6 is 0 Å². The quantitative estimate of drug-likeness (QED) is 0.766. The fourth-order valence-electron chi connectivity index (χ4n) is 2.35. The smallest absolute Gasteiger partial charge is 0.328 e. The Hall–Kier alpha value is -1.59. The fourth-order valence-corrected chi connectivity index (χ4v) is 2.35. The van der Waals surface area contributed by atoms with Crippen molar-refractivity contribution in [3.05, 3.63) is 0 Å². The summed E-state index contributed by atoms with van der Waals surface area (Å²) in [5.41, 5.74) is 0. The summed E-state index contributed by atoms with van der Waals surface area (Å²) >= 11 is 0. The second-order valence-corrected chi connectivity index (χ2v) is 5.03. The van der Waals surface area contributed by atoms with Crippen LogP contribution in [-0.2, 0) is 14.4 Å². The number of hydrogen-bond acceptors (Lipinski definition) is 3. The van der Waals surface area contributed by atoms with Gasteiger partial charge in [-0.2, -0.15) is 0 Å². The molecule has 1 aliphatic rings. The van der Waals surface area contributed by atoms with E-state index in [1.54, 1.807) is 4.90 Å². The van der Waals surface area contributed by atoms with Crippen LogP contribution in [-0.4, -0.2) is 46.9 Å². The van der Waals surface area contributed by atoms with Gasteiger partial charge in [0.2, 0.25) is 11.8 Å². The average molecular weight is 270 g/mol. The summed E-state index contributed by atoms with van der Waals surface area (Å²) in [6, 6.07) is -1.03. The van der Waals surface area contributed by atoms with Gasteiger partial charge in [-0.3, -0.25) is 9.59 Å². The number of hydrogen-bond donors (Lipinski definition) is 2. The number of carboxylic acid groups (broad SMARTS) is 1. The van der Waals surface area contributed by atoms with Crippen molar-refractivity contribution in [2.75, 3.05) is 13.1 Å². The van der Waals surface area contributed by atoms with Gasteiger partial charge in [0.25, 0.3) is 0 Å². The van der Waals surface area contributed by atoms with Crippen LogP contribution in [0, 0.1) is 5.92 Å². The number of amides is 2. The number of aliphatic carboxylic acids is 1. The predicted molar refractivity (Wildman–Crippen MR) is 69.5 cm³/mol. The van der Waals surface area contributed by atoms with Crippen molar-refractivity contribution in [2.45, 2.75) is 45.6 Å². The van der Waals surface area contributed by atoms with Crippen LogP contribution in [0.3, 0.4) is 0 Å². The van der Waals surface area contributed by atoms with Crippen LogP contribution in [0.25, 0.3) is 0 Å². The number of carbonyl (C=O) groups excluding carboxylic acids is 2. The van der Waals surface area contributed by atoms with E-state index in [-0.39, 0.29) is 12.5 Å². The van der Waals surface area contributed by atoms with E-state index in [2.05, 4.69) is 12.2 Å². The molecular formula is C13H22N2O4. The van der Waals surface area contributed by atoms with Crippen molar-refractivity contribution in [3.8, 4) is 0 Å². The highest BCUT2D eigenvalue weighted by Crippen LogP contribution is 2.21. The molecule has 6 nitrogen and oxygen atoms in total. The lowest BCUT2D eigenvalue weighted by Gasteiger charge is -2.24. The Balaban J connectivity index is 2.64. The van der Waals surface area contributed by atoms with Crippen LogP contribution < -0.4 is 5.32 Å². The van der Waals surface area contributed by atoms with Crippen molar-refractivity contribution in [1.82, 2.24) is 10.2 Å². The van der Waals surface area contributed by atoms with Gasteiger partial charge in [0, 0.05) is 19.9 Å². The lowest BCUT2D eigenvalue weighted by atomic mass is 9.98. The lowest BCUT2D eigenvalue weighted by molar-refractivity contribution is -0.143. The molecule has 19 heavy (non-hydrogen) atoms. The number of rotatable bonds is 5. The summed E-state index contributed by atoms with van der Waals surface area (Å²) in [6.07, 6.45) is 3.26. The molecule has 2 unspecified atom stereocenters. The van der Waals surface area contributed by atoms with Crippen molar-refractivity contribution in [3.63, 3.8) is 0 Å². The molecule has 0 aromatic rings. The molecule has 2 atom stereocenters. The Morgan fingerprint density at radius 1 is 1.47 bits per heavy atom. The molecule has 2 amide bonds. The molecular weight excluding hydrogens is 248 g/mol. The van der Waals surface area contributed by atoms with E-state index in [9.17, 15) is 14.4 Å². The first-order valence-electron chi connectivity index (χ1n) is 6.71. The van der Waals surface area contributed by atoms with Gasteiger partial charge in [0.1, 0.15) is 6.04 Å². The van der Waals surface area contributed by atoms with Gasteiger partial charge >= 0.3 is 5.97 Å². The molecule has 0 saturated carbocycles. The van der Waals surface area contributed by atoms with Gasteiger partial charge in [-0.05, 0) is 18.8 Å². The first-order valence-corrected chi connectivity index (χ1v) is 6.71. The zero-order valence-corrected chi connectivity index (χ0v) is 11.5. The molecule has 0 spiro atoms. The molecule has 0 aliphatic carbocycles. The second kappa shape index (κ2) is 7.11. The highest BCUT2D eigenvalue weighted by atomic mass is 16.4.